The third-order valence-electron chi connectivity index (χ3n) is 2.85. The molecule has 0 amide bonds. The molecule has 0 radical (unpaired) electrons. The number of carboxylic acids is 1. The number of aromatic nitrogens is 2. The smallest absolute Gasteiger partial charge is 0.339 e. The first-order valence-electron chi connectivity index (χ1n) is 6.03. The van der Waals surface area contributed by atoms with Gasteiger partial charge in [0.05, 0.1) is 11.3 Å². The number of carboxylic acid groups (broad SMARTS) is 1. The van der Waals surface area contributed by atoms with E-state index in [2.05, 4.69) is 9.97 Å². The summed E-state index contributed by atoms with van der Waals surface area (Å²) in [7, 11) is 0. The van der Waals surface area contributed by atoms with Gasteiger partial charge in [-0.25, -0.2) is 19.2 Å². The molecular weight excluding hydrogens is 283 g/mol. The zero-order valence-corrected chi connectivity index (χ0v) is 11.5. The molecule has 6 heteroatoms. The molecule has 0 aliphatic heterocycles. The van der Waals surface area contributed by atoms with Crippen LogP contribution in [-0.4, -0.2) is 21.0 Å². The number of rotatable bonds is 4. The predicted molar refractivity (Wildman–Crippen MR) is 72.6 cm³/mol. The summed E-state index contributed by atoms with van der Waals surface area (Å²) in [6, 6.07) is 4.11. The molecule has 2 rings (SSSR count). The number of hydrogen-bond acceptors (Lipinski definition) is 3. The van der Waals surface area contributed by atoms with Gasteiger partial charge in [-0.1, -0.05) is 24.6 Å². The van der Waals surface area contributed by atoms with Gasteiger partial charge in [-0.2, -0.15) is 0 Å². The Labute approximate surface area is 120 Å². The Hall–Kier alpha value is -2.01. The zero-order valence-electron chi connectivity index (χ0n) is 10.7. The van der Waals surface area contributed by atoms with Crippen LogP contribution in [0.3, 0.4) is 0 Å². The summed E-state index contributed by atoms with van der Waals surface area (Å²) in [6.45, 7) is 1.82. The first kappa shape index (κ1) is 14.4. The minimum absolute atomic E-state index is 0.0986. The van der Waals surface area contributed by atoms with Crippen molar-refractivity contribution in [1.29, 1.82) is 0 Å². The van der Waals surface area contributed by atoms with E-state index in [1.54, 1.807) is 6.07 Å². The van der Waals surface area contributed by atoms with Crippen molar-refractivity contribution < 1.29 is 14.3 Å². The van der Waals surface area contributed by atoms with Crippen LogP contribution in [0, 0.1) is 5.82 Å². The Balaban J connectivity index is 2.32. The number of halogens is 2. The molecule has 0 saturated carbocycles. The molecule has 0 bridgehead atoms. The highest BCUT2D eigenvalue weighted by molar-refractivity contribution is 6.31. The van der Waals surface area contributed by atoms with Gasteiger partial charge in [0.25, 0.3) is 0 Å². The van der Waals surface area contributed by atoms with E-state index in [0.29, 0.717) is 34.9 Å². The maximum atomic E-state index is 13.0. The van der Waals surface area contributed by atoms with Gasteiger partial charge in [0.15, 0.2) is 0 Å². The highest BCUT2D eigenvalue weighted by atomic mass is 35.5. The van der Waals surface area contributed by atoms with Gasteiger partial charge in [-0.15, -0.1) is 0 Å². The van der Waals surface area contributed by atoms with Crippen molar-refractivity contribution in [2.75, 3.05) is 0 Å². The van der Waals surface area contributed by atoms with E-state index in [4.69, 9.17) is 16.7 Å². The van der Waals surface area contributed by atoms with Gasteiger partial charge in [-0.05, 0) is 24.1 Å². The first-order chi connectivity index (χ1) is 9.51. The molecule has 104 valence electrons. The largest absolute Gasteiger partial charge is 0.478 e. The number of aryl methyl sites for hydroxylation is 1. The molecule has 0 atom stereocenters. The summed E-state index contributed by atoms with van der Waals surface area (Å²) in [4.78, 5) is 19.2. The maximum absolute atomic E-state index is 13.0. The second-order valence-corrected chi connectivity index (χ2v) is 4.63. The van der Waals surface area contributed by atoms with Gasteiger partial charge < -0.3 is 5.11 Å². The molecule has 2 aromatic rings. The fraction of sp³-hybridized carbons (Fsp3) is 0.214. The summed E-state index contributed by atoms with van der Waals surface area (Å²) in [6.07, 6.45) is 2.11. The van der Waals surface area contributed by atoms with E-state index in [0.717, 1.165) is 0 Å². The Kier molecular flexibility index (Phi) is 4.29. The van der Waals surface area contributed by atoms with Crippen LogP contribution in [0.4, 0.5) is 4.39 Å². The highest BCUT2D eigenvalue weighted by Crippen LogP contribution is 2.19. The molecular formula is C14H12ClFN2O2. The summed E-state index contributed by atoms with van der Waals surface area (Å²) in [5.41, 5.74) is 1.26. The topological polar surface area (TPSA) is 63.1 Å². The number of carbonyl (C=O) groups is 1. The minimum Gasteiger partial charge on any atom is -0.478 e. The Bertz CT molecular complexity index is 662. The van der Waals surface area contributed by atoms with Crippen LogP contribution in [0.25, 0.3) is 0 Å². The lowest BCUT2D eigenvalue weighted by molar-refractivity contribution is 0.0694. The molecule has 1 aromatic carbocycles. The molecule has 1 N–H and O–H groups in total. The summed E-state index contributed by atoms with van der Waals surface area (Å²) in [5.74, 6) is -0.997. The molecule has 20 heavy (non-hydrogen) atoms. The monoisotopic (exact) mass is 294 g/mol. The Morgan fingerprint density at radius 1 is 1.45 bits per heavy atom. The molecule has 4 nitrogen and oxygen atoms in total. The quantitative estimate of drug-likeness (QED) is 0.941. The van der Waals surface area contributed by atoms with Crippen molar-refractivity contribution in [3.63, 3.8) is 0 Å². The third-order valence-corrected chi connectivity index (χ3v) is 3.20. The van der Waals surface area contributed by atoms with Crippen molar-refractivity contribution in [2.24, 2.45) is 0 Å². The second kappa shape index (κ2) is 5.96. The lowest BCUT2D eigenvalue weighted by Gasteiger charge is -2.07. The minimum atomic E-state index is -1.05. The zero-order chi connectivity index (χ0) is 14.7. The molecule has 0 saturated heterocycles. The van der Waals surface area contributed by atoms with Crippen LogP contribution in [-0.2, 0) is 12.8 Å². The fourth-order valence-corrected chi connectivity index (χ4v) is 2.06. The van der Waals surface area contributed by atoms with E-state index in [9.17, 15) is 9.18 Å². The van der Waals surface area contributed by atoms with E-state index < -0.39 is 11.8 Å². The maximum Gasteiger partial charge on any atom is 0.339 e. The molecule has 1 heterocycles. The lowest BCUT2D eigenvalue weighted by atomic mass is 10.1. The van der Waals surface area contributed by atoms with Gasteiger partial charge >= 0.3 is 5.97 Å². The molecule has 0 unspecified atom stereocenters. The predicted octanol–water partition coefficient (Wildman–Crippen LogP) is 3.12. The van der Waals surface area contributed by atoms with Crippen molar-refractivity contribution >= 4 is 17.6 Å². The van der Waals surface area contributed by atoms with Crippen LogP contribution >= 0.6 is 11.6 Å². The SMILES string of the molecule is CCc1nc(Cc2ccc(F)cc2Cl)ncc1C(=O)O. The standard InChI is InChI=1S/C14H12ClFN2O2/c1-2-12-10(14(19)20)7-17-13(18-12)5-8-3-4-9(16)6-11(8)15/h3-4,6-7H,2,5H2,1H3,(H,19,20). The summed E-state index contributed by atoms with van der Waals surface area (Å²) < 4.78 is 13.0. The van der Waals surface area contributed by atoms with Gasteiger partial charge in [-0.3, -0.25) is 0 Å². The van der Waals surface area contributed by atoms with E-state index in [1.165, 1.54) is 18.3 Å². The third kappa shape index (κ3) is 3.11. The van der Waals surface area contributed by atoms with Crippen molar-refractivity contribution in [3.05, 3.63) is 57.9 Å². The Morgan fingerprint density at radius 3 is 2.80 bits per heavy atom. The molecule has 0 aliphatic carbocycles. The van der Waals surface area contributed by atoms with Gasteiger partial charge in [0.1, 0.15) is 11.6 Å². The van der Waals surface area contributed by atoms with E-state index in [-0.39, 0.29) is 5.56 Å². The number of hydrogen-bond donors (Lipinski definition) is 1. The van der Waals surface area contributed by atoms with Gasteiger partial charge in [0.2, 0.25) is 0 Å². The molecule has 0 fully saturated rings. The van der Waals surface area contributed by atoms with Crippen LogP contribution in [0.2, 0.25) is 5.02 Å². The number of aromatic carboxylic acids is 1. The highest BCUT2D eigenvalue weighted by Gasteiger charge is 2.13. The van der Waals surface area contributed by atoms with Crippen LogP contribution < -0.4 is 0 Å². The molecule has 1 aromatic heterocycles. The number of benzene rings is 1. The first-order valence-corrected chi connectivity index (χ1v) is 6.41. The molecule has 0 spiro atoms. The van der Waals surface area contributed by atoms with Crippen molar-refractivity contribution in [1.82, 2.24) is 9.97 Å². The van der Waals surface area contributed by atoms with Gasteiger partial charge in [0, 0.05) is 17.6 Å². The van der Waals surface area contributed by atoms with Crippen LogP contribution in [0.5, 0.6) is 0 Å². The van der Waals surface area contributed by atoms with Crippen LogP contribution in [0.15, 0.2) is 24.4 Å². The van der Waals surface area contributed by atoms with E-state index in [1.807, 2.05) is 6.92 Å². The molecule has 0 aliphatic rings. The summed E-state index contributed by atoms with van der Waals surface area (Å²) in [5, 5.41) is 9.31. The summed E-state index contributed by atoms with van der Waals surface area (Å²) >= 11 is 5.95. The second-order valence-electron chi connectivity index (χ2n) is 4.22. The van der Waals surface area contributed by atoms with Crippen molar-refractivity contribution in [2.45, 2.75) is 19.8 Å². The van der Waals surface area contributed by atoms with E-state index >= 15 is 0 Å². The normalized spacial score (nSPS) is 10.6. The number of nitrogens with zero attached hydrogens (tertiary/aromatic N) is 2. The fourth-order valence-electron chi connectivity index (χ4n) is 1.83. The Morgan fingerprint density at radius 2 is 2.20 bits per heavy atom. The van der Waals surface area contributed by atoms with Crippen LogP contribution in [0.1, 0.15) is 34.4 Å². The average Bonchev–Trinajstić information content (AvgIpc) is 2.41. The van der Waals surface area contributed by atoms with Crippen molar-refractivity contribution in [3.8, 4) is 0 Å². The average molecular weight is 295 g/mol. The lowest BCUT2D eigenvalue weighted by Crippen LogP contribution is -2.09.